The Hall–Kier alpha value is -1.88. The molecule has 5 heteroatoms. The van der Waals surface area contributed by atoms with Crippen molar-refractivity contribution in [2.24, 2.45) is 5.92 Å². The highest BCUT2D eigenvalue weighted by molar-refractivity contribution is 5.86. The molecule has 0 aliphatic carbocycles. The fourth-order valence-electron chi connectivity index (χ4n) is 3.61. The summed E-state index contributed by atoms with van der Waals surface area (Å²) in [7, 11) is 0. The van der Waals surface area contributed by atoms with Crippen LogP contribution in [0.2, 0.25) is 0 Å². The number of ether oxygens (including phenoxy) is 2. The molecular weight excluding hydrogens is 273 g/mol. The smallest absolute Gasteiger partial charge is 0.312 e. The zero-order valence-electron chi connectivity index (χ0n) is 11.7. The molecule has 0 saturated carbocycles. The number of esters is 1. The second kappa shape index (κ2) is 4.31. The Balaban J connectivity index is 1.91. The first kappa shape index (κ1) is 12.8. The van der Waals surface area contributed by atoms with Gasteiger partial charge in [-0.25, -0.2) is 4.39 Å². The Morgan fingerprint density at radius 1 is 1.38 bits per heavy atom. The zero-order chi connectivity index (χ0) is 14.6. The minimum absolute atomic E-state index is 0.213. The van der Waals surface area contributed by atoms with Gasteiger partial charge in [0.15, 0.2) is 0 Å². The Morgan fingerprint density at radius 3 is 3.00 bits per heavy atom. The molecule has 110 valence electrons. The summed E-state index contributed by atoms with van der Waals surface area (Å²) < 4.78 is 24.6. The number of cyclic esters (lactones) is 1. The quantitative estimate of drug-likeness (QED) is 0.821. The van der Waals surface area contributed by atoms with Crippen molar-refractivity contribution in [3.63, 3.8) is 0 Å². The maximum Gasteiger partial charge on any atom is 0.312 e. The van der Waals surface area contributed by atoms with E-state index in [0.29, 0.717) is 19.6 Å². The number of halogens is 1. The molecule has 1 N–H and O–H groups in total. The highest BCUT2D eigenvalue weighted by atomic mass is 19.1. The minimum atomic E-state index is -0.726. The highest BCUT2D eigenvalue weighted by Crippen LogP contribution is 2.44. The topological polar surface area (TPSA) is 51.3 Å². The summed E-state index contributed by atoms with van der Waals surface area (Å²) in [5.74, 6) is -0.776. The molecule has 0 bridgehead atoms. The number of carbonyl (C=O) groups excluding carboxylic acids is 1. The number of H-pyrrole nitrogens is 1. The molecule has 21 heavy (non-hydrogen) atoms. The van der Waals surface area contributed by atoms with Crippen LogP contribution in [0.5, 0.6) is 0 Å². The molecule has 2 aliphatic rings. The van der Waals surface area contributed by atoms with E-state index in [1.807, 2.05) is 6.92 Å². The molecule has 3 heterocycles. The fraction of sp³-hybridized carbons (Fsp3) is 0.438. The maximum absolute atomic E-state index is 13.5. The van der Waals surface area contributed by atoms with E-state index in [4.69, 9.17) is 9.47 Å². The van der Waals surface area contributed by atoms with Crippen LogP contribution in [0.4, 0.5) is 4.39 Å². The molecule has 4 nitrogen and oxygen atoms in total. The van der Waals surface area contributed by atoms with Crippen LogP contribution in [0.1, 0.15) is 24.6 Å². The van der Waals surface area contributed by atoms with Crippen molar-refractivity contribution in [1.82, 2.24) is 4.98 Å². The number of hydrogen-bond acceptors (Lipinski definition) is 3. The van der Waals surface area contributed by atoms with E-state index in [1.165, 1.54) is 6.07 Å². The number of carbonyl (C=O) groups is 1. The van der Waals surface area contributed by atoms with Crippen LogP contribution in [-0.4, -0.2) is 24.2 Å². The van der Waals surface area contributed by atoms with Crippen molar-refractivity contribution in [2.45, 2.75) is 25.4 Å². The predicted octanol–water partition coefficient (Wildman–Crippen LogP) is 2.66. The van der Waals surface area contributed by atoms with Crippen molar-refractivity contribution in [2.75, 3.05) is 13.2 Å². The van der Waals surface area contributed by atoms with E-state index in [9.17, 15) is 9.18 Å². The van der Waals surface area contributed by atoms with Crippen LogP contribution in [0, 0.1) is 11.7 Å². The van der Waals surface area contributed by atoms with Gasteiger partial charge < -0.3 is 14.5 Å². The van der Waals surface area contributed by atoms with Crippen LogP contribution >= 0.6 is 0 Å². The standard InChI is InChI=1S/C16H16FNO3/c1-16(12-5-6-20-15(12)19)14-10(4-7-21-16)11-8-9(17)2-3-13(11)18-14/h2-3,8,12,18H,4-7H2,1H3/t12-,16+/m0/s1. The van der Waals surface area contributed by atoms with Gasteiger partial charge in [-0.3, -0.25) is 4.79 Å². The van der Waals surface area contributed by atoms with Crippen LogP contribution in [0.25, 0.3) is 10.9 Å². The summed E-state index contributed by atoms with van der Waals surface area (Å²) in [4.78, 5) is 15.3. The fourth-order valence-corrected chi connectivity index (χ4v) is 3.61. The molecule has 1 aromatic carbocycles. The van der Waals surface area contributed by atoms with Gasteiger partial charge in [-0.1, -0.05) is 0 Å². The molecule has 0 radical (unpaired) electrons. The SMILES string of the molecule is C[C@]1([C@H]2CCOC2=O)OCCc2c1[nH]c1ccc(F)cc21. The van der Waals surface area contributed by atoms with Crippen molar-refractivity contribution in [1.29, 1.82) is 0 Å². The highest BCUT2D eigenvalue weighted by Gasteiger charge is 2.49. The summed E-state index contributed by atoms with van der Waals surface area (Å²) in [5.41, 5.74) is 2.09. The normalized spacial score (nSPS) is 28.7. The van der Waals surface area contributed by atoms with Crippen molar-refractivity contribution in [3.05, 3.63) is 35.3 Å². The van der Waals surface area contributed by atoms with Crippen LogP contribution in [0.3, 0.4) is 0 Å². The molecule has 0 spiro atoms. The van der Waals surface area contributed by atoms with Crippen LogP contribution < -0.4 is 0 Å². The molecule has 2 aliphatic heterocycles. The molecule has 4 rings (SSSR count). The molecular formula is C16H16FNO3. The first-order chi connectivity index (χ1) is 10.1. The Kier molecular flexibility index (Phi) is 2.63. The van der Waals surface area contributed by atoms with Gasteiger partial charge >= 0.3 is 5.97 Å². The van der Waals surface area contributed by atoms with Crippen molar-refractivity contribution < 1.29 is 18.7 Å². The average Bonchev–Trinajstić information content (AvgIpc) is 3.04. The van der Waals surface area contributed by atoms with E-state index in [0.717, 1.165) is 28.6 Å². The first-order valence-corrected chi connectivity index (χ1v) is 7.21. The molecule has 0 unspecified atom stereocenters. The molecule has 1 fully saturated rings. The van der Waals surface area contributed by atoms with Gasteiger partial charge in [0, 0.05) is 10.9 Å². The summed E-state index contributed by atoms with van der Waals surface area (Å²) in [6.07, 6.45) is 1.37. The molecule has 1 aromatic heterocycles. The summed E-state index contributed by atoms with van der Waals surface area (Å²) in [6.45, 7) is 2.89. The van der Waals surface area contributed by atoms with Crippen LogP contribution in [0.15, 0.2) is 18.2 Å². The Morgan fingerprint density at radius 2 is 2.24 bits per heavy atom. The summed E-state index contributed by atoms with van der Waals surface area (Å²) >= 11 is 0. The van der Waals surface area contributed by atoms with E-state index in [-0.39, 0.29) is 17.7 Å². The number of aromatic nitrogens is 1. The summed E-state index contributed by atoms with van der Waals surface area (Å²) in [5, 5.41) is 0.880. The second-order valence-corrected chi connectivity index (χ2v) is 5.88. The monoisotopic (exact) mass is 289 g/mol. The van der Waals surface area contributed by atoms with Gasteiger partial charge in [-0.2, -0.15) is 0 Å². The zero-order valence-corrected chi connectivity index (χ0v) is 11.7. The lowest BCUT2D eigenvalue weighted by molar-refractivity contribution is -0.154. The average molecular weight is 289 g/mol. The number of rotatable bonds is 1. The van der Waals surface area contributed by atoms with Crippen LogP contribution in [-0.2, 0) is 26.3 Å². The van der Waals surface area contributed by atoms with E-state index >= 15 is 0 Å². The Labute approximate surface area is 121 Å². The lowest BCUT2D eigenvalue weighted by atomic mass is 9.81. The van der Waals surface area contributed by atoms with Crippen molar-refractivity contribution >= 4 is 16.9 Å². The van der Waals surface area contributed by atoms with E-state index in [1.54, 1.807) is 12.1 Å². The first-order valence-electron chi connectivity index (χ1n) is 7.21. The summed E-state index contributed by atoms with van der Waals surface area (Å²) in [6, 6.07) is 4.71. The third kappa shape index (κ3) is 1.73. The second-order valence-electron chi connectivity index (χ2n) is 5.88. The number of nitrogens with one attached hydrogen (secondary N) is 1. The lowest BCUT2D eigenvalue weighted by Crippen LogP contribution is -2.41. The van der Waals surface area contributed by atoms with E-state index in [2.05, 4.69) is 4.98 Å². The number of aromatic amines is 1. The maximum atomic E-state index is 13.5. The van der Waals surface area contributed by atoms with Gasteiger partial charge in [0.25, 0.3) is 0 Å². The molecule has 1 saturated heterocycles. The number of hydrogen-bond donors (Lipinski definition) is 1. The largest absolute Gasteiger partial charge is 0.465 e. The van der Waals surface area contributed by atoms with E-state index < -0.39 is 5.60 Å². The lowest BCUT2D eigenvalue weighted by Gasteiger charge is -2.37. The number of fused-ring (bicyclic) bond motifs is 3. The Bertz CT molecular complexity index is 738. The minimum Gasteiger partial charge on any atom is -0.465 e. The third-order valence-electron chi connectivity index (χ3n) is 4.72. The van der Waals surface area contributed by atoms with Gasteiger partial charge in [0.05, 0.1) is 24.8 Å². The van der Waals surface area contributed by atoms with Gasteiger partial charge in [-0.05, 0) is 43.5 Å². The molecule has 2 aromatic rings. The van der Waals surface area contributed by atoms with Gasteiger partial charge in [0.1, 0.15) is 11.4 Å². The van der Waals surface area contributed by atoms with Gasteiger partial charge in [0.2, 0.25) is 0 Å². The third-order valence-corrected chi connectivity index (χ3v) is 4.72. The van der Waals surface area contributed by atoms with Crippen molar-refractivity contribution in [3.8, 4) is 0 Å². The molecule has 2 atom stereocenters. The molecule has 0 amide bonds. The number of benzene rings is 1. The van der Waals surface area contributed by atoms with Gasteiger partial charge in [-0.15, -0.1) is 0 Å². The predicted molar refractivity (Wildman–Crippen MR) is 74.3 cm³/mol.